The zero-order valence-electron chi connectivity index (χ0n) is 53.2. The zero-order valence-corrected chi connectivity index (χ0v) is 58.1. The van der Waals surface area contributed by atoms with E-state index in [2.05, 4.69) is 26.6 Å². The van der Waals surface area contributed by atoms with Crippen LogP contribution in [0.25, 0.3) is 43.4 Å². The molecule has 2 aliphatic rings. The molecule has 6 amide bonds. The highest BCUT2D eigenvalue weighted by molar-refractivity contribution is 7.15. The average Bonchev–Trinajstić information content (AvgIpc) is 1.59. The summed E-state index contributed by atoms with van der Waals surface area (Å²) in [5.74, 6) is -8.35. The molecule has 0 spiro atoms. The molecule has 7 aromatic heterocycles. The minimum atomic E-state index is -1.33. The van der Waals surface area contributed by atoms with Crippen molar-refractivity contribution in [3.05, 3.63) is 111 Å². The van der Waals surface area contributed by atoms with E-state index in [4.69, 9.17) is 49.1 Å². The molecule has 8 aromatic rings. The number of carboxylic acids is 3. The number of anilines is 1. The monoisotopic (exact) mass is 1450 g/mol. The fourth-order valence-corrected chi connectivity index (χ4v) is 16.1. The molecule has 5 atom stereocenters. The lowest BCUT2D eigenvalue weighted by molar-refractivity contribution is -0.145. The molecule has 9 N–H and O–H groups in total. The van der Waals surface area contributed by atoms with Gasteiger partial charge in [0.1, 0.15) is 88.3 Å². The lowest BCUT2D eigenvalue weighted by Gasteiger charge is -2.28. The standard InChI is InChI=1S/C63H67N13O16S6/c1-29(2)46-60-75-49(41(98-60)24-90-5)53(83)65-22-44(78)72-50(51(81)31-9-7-6-8-10-31)59-70-40(27-95-59)57-68-38(25-94-57)48-35(55-69-39(26-93-55)52(82)67-37(21-43(77)64-4)58-74-47(30(3)97-58)54(84)73-46)16-17-36(66-48)56-71-42(28-96-56)76(19-20-91-23-33(62(87)88)13-18-45(79)80)63(89)92-34-14-11-32(12-15-34)61(85)86/h6-10,16-17,25-29,32-34,37,46,50-51,81H,11-15,18-24H2,1-5H3,(H,64,77)(H,65,83)(H,67,82)(H,72,78)(H,73,84)(H,79,80)(H,85,86)(H,87,88)/t32-,33?,34-,37-,46?,50-,51-/m0/s1. The second-order valence-corrected chi connectivity index (χ2v) is 28.8. The van der Waals surface area contributed by atoms with Crippen molar-refractivity contribution in [3.8, 4) is 43.4 Å². The second kappa shape index (κ2) is 32.6. The van der Waals surface area contributed by atoms with Gasteiger partial charge in [-0.05, 0) is 62.6 Å². The molecule has 1 aromatic carbocycles. The number of methoxy groups -OCH3 is 1. The summed E-state index contributed by atoms with van der Waals surface area (Å²) in [6.07, 6.45) is -2.47. The van der Waals surface area contributed by atoms with Crippen LogP contribution in [0.5, 0.6) is 0 Å². The number of aliphatic carboxylic acids is 3. The molecule has 0 radical (unpaired) electrons. The number of benzene rings is 1. The van der Waals surface area contributed by atoms with Crippen molar-refractivity contribution in [2.45, 2.75) is 103 Å². The summed E-state index contributed by atoms with van der Waals surface area (Å²) in [7, 11) is 2.90. The van der Waals surface area contributed by atoms with Gasteiger partial charge in [-0.15, -0.1) is 68.0 Å². The fraction of sp³-hybridized carbons (Fsp3) is 0.397. The van der Waals surface area contributed by atoms with Gasteiger partial charge in [0.25, 0.3) is 17.7 Å². The summed E-state index contributed by atoms with van der Waals surface area (Å²) < 4.78 is 17.1. The minimum Gasteiger partial charge on any atom is -0.481 e. The van der Waals surface area contributed by atoms with Crippen molar-refractivity contribution < 1.29 is 77.8 Å². The van der Waals surface area contributed by atoms with Gasteiger partial charge in [-0.3, -0.25) is 43.3 Å². The van der Waals surface area contributed by atoms with E-state index in [1.165, 1.54) is 35.8 Å². The first-order valence-corrected chi connectivity index (χ1v) is 35.9. The number of aliphatic hydroxyl groups is 1. The van der Waals surface area contributed by atoms with Crippen LogP contribution in [0.2, 0.25) is 0 Å². The lowest BCUT2D eigenvalue weighted by atomic mass is 9.87. The van der Waals surface area contributed by atoms with Crippen molar-refractivity contribution >= 4 is 127 Å². The number of fused-ring (bicyclic) bond motifs is 14. The van der Waals surface area contributed by atoms with Crippen molar-refractivity contribution in [1.29, 1.82) is 0 Å². The number of nitrogens with one attached hydrogen (secondary N) is 5. The van der Waals surface area contributed by atoms with Crippen LogP contribution in [0.3, 0.4) is 0 Å². The molecule has 1 aliphatic carbocycles. The summed E-state index contributed by atoms with van der Waals surface area (Å²) in [6.45, 7) is 4.07. The fourth-order valence-electron chi connectivity index (χ4n) is 10.6. The molecular weight excluding hydrogens is 1390 g/mol. The molecule has 8 heterocycles. The number of aliphatic hydroxyl groups excluding tert-OH is 1. The van der Waals surface area contributed by atoms with Crippen LogP contribution in [0.15, 0.2) is 64.0 Å². The van der Waals surface area contributed by atoms with Gasteiger partial charge in [-0.2, -0.15) is 0 Å². The van der Waals surface area contributed by atoms with Crippen LogP contribution < -0.4 is 31.5 Å². The van der Waals surface area contributed by atoms with Gasteiger partial charge >= 0.3 is 24.0 Å². The van der Waals surface area contributed by atoms with Crippen molar-refractivity contribution in [2.24, 2.45) is 17.8 Å². The second-order valence-electron chi connectivity index (χ2n) is 23.0. The van der Waals surface area contributed by atoms with E-state index in [1.807, 2.05) is 13.8 Å². The Kier molecular flexibility index (Phi) is 23.9. The molecule has 2 unspecified atom stereocenters. The van der Waals surface area contributed by atoms with E-state index < -0.39 is 109 Å². The number of aromatic nitrogens is 7. The van der Waals surface area contributed by atoms with Crippen LogP contribution >= 0.6 is 68.0 Å². The summed E-state index contributed by atoms with van der Waals surface area (Å²) in [5.41, 5.74) is 2.06. The SMILES string of the molecule is CNC(=O)C[C@@H]1NC(=O)c2csc(n2)-c2ccc(-c3nc(N(CCOCC(CCC(=O)O)C(=O)O)C(=O)O[C@H]4CC[C@H](C(=O)O)CC4)cs3)nc2-c2csc(n2)-c2csc(n2)[C@H]([C@@H](O)c2ccccc2)NC(=O)CNC(=O)c2nc(sc2COC)C(C(C)C)NC(=O)c2nc1sc2C. The maximum Gasteiger partial charge on any atom is 0.415 e. The summed E-state index contributed by atoms with van der Waals surface area (Å²) in [5, 5.41) is 63.1. The molecule has 98 heavy (non-hydrogen) atoms. The number of ether oxygens (including phenoxy) is 3. The average molecular weight is 1450 g/mol. The first kappa shape index (κ1) is 71.8. The van der Waals surface area contributed by atoms with Crippen LogP contribution in [0, 0.1) is 24.7 Å². The van der Waals surface area contributed by atoms with Crippen LogP contribution in [-0.2, 0) is 44.8 Å². The Bertz CT molecular complexity index is 4240. The summed E-state index contributed by atoms with van der Waals surface area (Å²) >= 11 is 6.84. The Morgan fingerprint density at radius 3 is 2.12 bits per heavy atom. The highest BCUT2D eigenvalue weighted by Gasteiger charge is 2.35. The van der Waals surface area contributed by atoms with Crippen LogP contribution in [0.4, 0.5) is 10.6 Å². The summed E-state index contributed by atoms with van der Waals surface area (Å²) in [6, 6.07) is 9.07. The highest BCUT2D eigenvalue weighted by atomic mass is 32.1. The first-order chi connectivity index (χ1) is 47.0. The number of pyridine rings is 1. The van der Waals surface area contributed by atoms with E-state index in [0.29, 0.717) is 83.7 Å². The number of thiazole rings is 6. The molecular formula is C63H67N13O16S6. The minimum absolute atomic E-state index is 0.0230. The molecule has 29 nitrogen and oxygen atoms in total. The maximum atomic E-state index is 14.5. The number of carboxylic acid groups (broad SMARTS) is 3. The van der Waals surface area contributed by atoms with Crippen molar-refractivity contribution in [1.82, 2.24) is 61.5 Å². The predicted octanol–water partition coefficient (Wildman–Crippen LogP) is 8.48. The van der Waals surface area contributed by atoms with Gasteiger partial charge in [0.05, 0.1) is 73.8 Å². The highest BCUT2D eigenvalue weighted by Crippen LogP contribution is 2.41. The number of hydrogen-bond donors (Lipinski definition) is 9. The third kappa shape index (κ3) is 17.5. The number of amides is 6. The van der Waals surface area contributed by atoms with Crippen LogP contribution in [-0.4, -0.2) is 155 Å². The molecule has 1 saturated carbocycles. The Hall–Kier alpha value is -8.94. The Morgan fingerprint density at radius 1 is 0.704 bits per heavy atom. The number of aryl methyl sites for hydroxylation is 1. The van der Waals surface area contributed by atoms with Crippen molar-refractivity contribution in [2.75, 3.05) is 45.4 Å². The molecule has 10 bridgehead atoms. The molecule has 10 rings (SSSR count). The first-order valence-electron chi connectivity index (χ1n) is 30.7. The molecule has 35 heteroatoms. The third-order valence-corrected chi connectivity index (χ3v) is 21.6. The maximum absolute atomic E-state index is 14.5. The lowest BCUT2D eigenvalue weighted by Crippen LogP contribution is -2.40. The predicted molar refractivity (Wildman–Crippen MR) is 363 cm³/mol. The Morgan fingerprint density at radius 2 is 1.41 bits per heavy atom. The van der Waals surface area contributed by atoms with Gasteiger partial charge < -0.3 is 61.2 Å². The van der Waals surface area contributed by atoms with Gasteiger partial charge in [0.15, 0.2) is 0 Å². The van der Waals surface area contributed by atoms with E-state index >= 15 is 0 Å². The Labute approximate surface area is 583 Å². The number of carbonyl (C=O) groups is 9. The van der Waals surface area contributed by atoms with Crippen LogP contribution in [0.1, 0.15) is 145 Å². The van der Waals surface area contributed by atoms with E-state index in [0.717, 1.165) is 56.7 Å². The number of carbonyl (C=O) groups excluding carboxylic acids is 6. The quantitative estimate of drug-likeness (QED) is 0.0323. The number of rotatable bonds is 20. The molecule has 516 valence electrons. The van der Waals surface area contributed by atoms with Gasteiger partial charge in [0, 0.05) is 52.5 Å². The van der Waals surface area contributed by atoms with E-state index in [9.17, 15) is 63.6 Å². The third-order valence-electron chi connectivity index (χ3n) is 15.9. The number of nitrogens with zero attached hydrogens (tertiary/aromatic N) is 8. The normalized spacial score (nSPS) is 18.3. The summed E-state index contributed by atoms with van der Waals surface area (Å²) in [4.78, 5) is 155. The smallest absolute Gasteiger partial charge is 0.415 e. The molecule has 1 fully saturated rings. The van der Waals surface area contributed by atoms with Crippen molar-refractivity contribution in [3.63, 3.8) is 0 Å². The Balaban J connectivity index is 1.03. The number of hydrogen-bond acceptors (Lipinski definition) is 26. The van der Waals surface area contributed by atoms with E-state index in [-0.39, 0.29) is 83.7 Å². The van der Waals surface area contributed by atoms with Gasteiger partial charge in [0.2, 0.25) is 11.8 Å². The molecule has 1 aliphatic heterocycles. The molecule has 0 saturated heterocycles. The van der Waals surface area contributed by atoms with Gasteiger partial charge in [-0.25, -0.2) is 39.7 Å². The zero-order chi connectivity index (χ0) is 69.9. The van der Waals surface area contributed by atoms with Gasteiger partial charge in [-0.1, -0.05) is 44.2 Å². The topological polar surface area (TPSA) is 416 Å². The largest absolute Gasteiger partial charge is 0.481 e. The van der Waals surface area contributed by atoms with E-state index in [1.54, 1.807) is 65.5 Å².